The maximum absolute atomic E-state index is 12.6. The van der Waals surface area contributed by atoms with Crippen LogP contribution in [0.5, 0.6) is 0 Å². The number of amides is 2. The van der Waals surface area contributed by atoms with Gasteiger partial charge in [0.05, 0.1) is 30.7 Å². The van der Waals surface area contributed by atoms with E-state index in [2.05, 4.69) is 5.32 Å². The molecule has 0 bridgehead atoms. The predicted molar refractivity (Wildman–Crippen MR) is 106 cm³/mol. The summed E-state index contributed by atoms with van der Waals surface area (Å²) in [7, 11) is 4.65. The average Bonchev–Trinajstić information content (AvgIpc) is 3.23. The van der Waals surface area contributed by atoms with E-state index in [0.717, 1.165) is 10.1 Å². The first-order chi connectivity index (χ1) is 13.3. The lowest BCUT2D eigenvalue weighted by Gasteiger charge is -2.15. The van der Waals surface area contributed by atoms with Gasteiger partial charge in [-0.1, -0.05) is 0 Å². The van der Waals surface area contributed by atoms with Gasteiger partial charge in [-0.05, 0) is 29.7 Å². The molecule has 2 N–H and O–H groups in total. The summed E-state index contributed by atoms with van der Waals surface area (Å²) in [5.74, 6) is -1.04. The van der Waals surface area contributed by atoms with E-state index in [0.29, 0.717) is 10.6 Å². The molecule has 0 radical (unpaired) electrons. The molecule has 0 aliphatic carbocycles. The minimum atomic E-state index is -0.591. The Labute approximate surface area is 166 Å². The van der Waals surface area contributed by atoms with E-state index in [1.54, 1.807) is 26.2 Å². The van der Waals surface area contributed by atoms with E-state index < -0.39 is 5.97 Å². The summed E-state index contributed by atoms with van der Waals surface area (Å²) in [4.78, 5) is 40.3. The van der Waals surface area contributed by atoms with Gasteiger partial charge in [-0.3, -0.25) is 9.59 Å². The first kappa shape index (κ1) is 19.8. The first-order valence-electron chi connectivity index (χ1n) is 8.59. The van der Waals surface area contributed by atoms with E-state index in [9.17, 15) is 14.4 Å². The van der Waals surface area contributed by atoms with Crippen LogP contribution in [0, 0.1) is 0 Å². The topological polar surface area (TPSA) is 99.2 Å². The van der Waals surface area contributed by atoms with Crippen LogP contribution in [-0.2, 0) is 14.3 Å². The summed E-state index contributed by atoms with van der Waals surface area (Å²) in [6.45, 7) is 0.0116. The average molecular weight is 403 g/mol. The van der Waals surface area contributed by atoms with Crippen molar-refractivity contribution in [3.63, 3.8) is 0 Å². The highest BCUT2D eigenvalue weighted by Crippen LogP contribution is 2.30. The number of thiophene rings is 1. The monoisotopic (exact) mass is 403 g/mol. The fraction of sp³-hybridized carbons (Fsp3) is 0.316. The molecule has 0 atom stereocenters. The number of rotatable bonds is 6. The molecule has 28 heavy (non-hydrogen) atoms. The number of carbonyl (C=O) groups excluding carboxylic acids is 3. The van der Waals surface area contributed by atoms with Gasteiger partial charge in [0.1, 0.15) is 5.70 Å². The van der Waals surface area contributed by atoms with E-state index in [1.165, 1.54) is 28.2 Å². The van der Waals surface area contributed by atoms with Gasteiger partial charge in [-0.25, -0.2) is 4.79 Å². The molecule has 0 unspecified atom stereocenters. The zero-order valence-electron chi connectivity index (χ0n) is 15.8. The number of hydrogen-bond acceptors (Lipinski definition) is 7. The summed E-state index contributed by atoms with van der Waals surface area (Å²) in [6.07, 6.45) is 0. The lowest BCUT2D eigenvalue weighted by Crippen LogP contribution is -2.31. The van der Waals surface area contributed by atoms with Crippen molar-refractivity contribution in [1.29, 1.82) is 0 Å². The molecule has 148 valence electrons. The standard InChI is InChI=1S/C19H21N3O5S/c1-21(2)17(24)15-9-11-8-12(4-5-14(11)28-15)20-16-13(19(26)27-3)10-22(6-7-23)18(16)25/h4-5,8-9,20,23H,6-7,10H2,1-3H3. The Morgan fingerprint density at radius 1 is 1.32 bits per heavy atom. The molecule has 0 fully saturated rings. The summed E-state index contributed by atoms with van der Waals surface area (Å²) in [5, 5.41) is 13.0. The second kappa shape index (κ2) is 7.99. The van der Waals surface area contributed by atoms with Crippen LogP contribution in [0.3, 0.4) is 0 Å². The van der Waals surface area contributed by atoms with Gasteiger partial charge >= 0.3 is 5.97 Å². The van der Waals surface area contributed by atoms with Gasteiger partial charge in [0.25, 0.3) is 11.8 Å². The van der Waals surface area contributed by atoms with Crippen LogP contribution in [0.2, 0.25) is 0 Å². The highest BCUT2D eigenvalue weighted by atomic mass is 32.1. The number of aliphatic hydroxyl groups is 1. The number of benzene rings is 1. The molecule has 1 aromatic carbocycles. The Morgan fingerprint density at radius 3 is 2.71 bits per heavy atom. The number of nitrogens with one attached hydrogen (secondary N) is 1. The SMILES string of the molecule is COC(=O)C1=C(Nc2ccc3sc(C(=O)N(C)C)cc3c2)C(=O)N(CCO)C1. The van der Waals surface area contributed by atoms with Crippen LogP contribution in [0.4, 0.5) is 5.69 Å². The highest BCUT2D eigenvalue weighted by molar-refractivity contribution is 7.20. The molecule has 2 amide bonds. The lowest BCUT2D eigenvalue weighted by molar-refractivity contribution is -0.136. The van der Waals surface area contributed by atoms with Gasteiger partial charge in [0, 0.05) is 31.0 Å². The van der Waals surface area contributed by atoms with Crippen LogP contribution >= 0.6 is 11.3 Å². The molecule has 0 saturated carbocycles. The zero-order valence-corrected chi connectivity index (χ0v) is 16.6. The van der Waals surface area contributed by atoms with Crippen LogP contribution in [0.15, 0.2) is 35.5 Å². The fourth-order valence-corrected chi connectivity index (χ4v) is 4.00. The van der Waals surface area contributed by atoms with Crippen molar-refractivity contribution in [3.8, 4) is 0 Å². The van der Waals surface area contributed by atoms with Crippen molar-refractivity contribution in [2.24, 2.45) is 0 Å². The van der Waals surface area contributed by atoms with Gasteiger partial charge < -0.3 is 25.0 Å². The first-order valence-corrected chi connectivity index (χ1v) is 9.41. The second-order valence-electron chi connectivity index (χ2n) is 6.48. The highest BCUT2D eigenvalue weighted by Gasteiger charge is 2.34. The van der Waals surface area contributed by atoms with Crippen LogP contribution in [0.25, 0.3) is 10.1 Å². The van der Waals surface area contributed by atoms with E-state index in [4.69, 9.17) is 9.84 Å². The van der Waals surface area contributed by atoms with Crippen molar-refractivity contribution < 1.29 is 24.2 Å². The normalized spacial score (nSPS) is 14.0. The van der Waals surface area contributed by atoms with Crippen molar-refractivity contribution in [3.05, 3.63) is 40.4 Å². The van der Waals surface area contributed by atoms with Gasteiger partial charge in [0.2, 0.25) is 0 Å². The molecule has 9 heteroatoms. The van der Waals surface area contributed by atoms with E-state index >= 15 is 0 Å². The van der Waals surface area contributed by atoms with Crippen LogP contribution < -0.4 is 5.32 Å². The maximum Gasteiger partial charge on any atom is 0.337 e. The molecular weight excluding hydrogens is 382 g/mol. The number of anilines is 1. The van der Waals surface area contributed by atoms with E-state index in [1.807, 2.05) is 12.1 Å². The predicted octanol–water partition coefficient (Wildman–Crippen LogP) is 1.28. The third kappa shape index (κ3) is 3.71. The molecule has 1 aliphatic heterocycles. The molecule has 8 nitrogen and oxygen atoms in total. The summed E-state index contributed by atoms with van der Waals surface area (Å²) < 4.78 is 5.72. The number of methoxy groups -OCH3 is 1. The summed E-state index contributed by atoms with van der Waals surface area (Å²) in [5.41, 5.74) is 0.971. The summed E-state index contributed by atoms with van der Waals surface area (Å²) in [6, 6.07) is 7.27. The molecule has 2 heterocycles. The Bertz CT molecular complexity index is 979. The largest absolute Gasteiger partial charge is 0.466 e. The number of fused-ring (bicyclic) bond motifs is 1. The maximum atomic E-state index is 12.6. The molecule has 3 rings (SSSR count). The van der Waals surface area contributed by atoms with Gasteiger partial charge in [0.15, 0.2) is 0 Å². The number of nitrogens with zero attached hydrogens (tertiary/aromatic N) is 2. The summed E-state index contributed by atoms with van der Waals surface area (Å²) >= 11 is 1.39. The third-order valence-electron chi connectivity index (χ3n) is 4.36. The van der Waals surface area contributed by atoms with Crippen molar-refractivity contribution in [2.45, 2.75) is 0 Å². The van der Waals surface area contributed by atoms with Gasteiger partial charge in [-0.2, -0.15) is 0 Å². The second-order valence-corrected chi connectivity index (χ2v) is 7.57. The Balaban J connectivity index is 1.92. The minimum Gasteiger partial charge on any atom is -0.466 e. The number of carbonyl (C=O) groups is 3. The Hall–Kier alpha value is -2.91. The number of β-amino-alcohol motifs (C(OH)–C–C–N with tert-alkyl or cyclic N) is 1. The molecular formula is C19H21N3O5S. The molecule has 0 saturated heterocycles. The number of aliphatic hydroxyl groups excluding tert-OH is 1. The minimum absolute atomic E-state index is 0.0722. The lowest BCUT2D eigenvalue weighted by atomic mass is 10.2. The van der Waals surface area contributed by atoms with Crippen LogP contribution in [-0.4, -0.2) is 73.6 Å². The van der Waals surface area contributed by atoms with Gasteiger partial charge in [-0.15, -0.1) is 11.3 Å². The molecule has 1 aliphatic rings. The Morgan fingerprint density at radius 2 is 2.07 bits per heavy atom. The molecule has 1 aromatic heterocycles. The smallest absolute Gasteiger partial charge is 0.337 e. The van der Waals surface area contributed by atoms with E-state index in [-0.39, 0.29) is 42.8 Å². The number of ether oxygens (including phenoxy) is 1. The van der Waals surface area contributed by atoms with Crippen LogP contribution in [0.1, 0.15) is 9.67 Å². The Kier molecular flexibility index (Phi) is 5.66. The van der Waals surface area contributed by atoms with Crippen molar-refractivity contribution in [1.82, 2.24) is 9.80 Å². The fourth-order valence-electron chi connectivity index (χ4n) is 2.94. The molecule has 2 aromatic rings. The quantitative estimate of drug-likeness (QED) is 0.705. The van der Waals surface area contributed by atoms with Crippen molar-refractivity contribution >= 4 is 44.9 Å². The number of esters is 1. The van der Waals surface area contributed by atoms with Crippen molar-refractivity contribution in [2.75, 3.05) is 46.2 Å². The molecule has 0 spiro atoms. The zero-order chi connectivity index (χ0) is 20.4. The number of hydrogen-bond donors (Lipinski definition) is 2. The third-order valence-corrected chi connectivity index (χ3v) is 5.46.